The average molecular weight is 282 g/mol. The van der Waals surface area contributed by atoms with Gasteiger partial charge in [-0.15, -0.1) is 0 Å². The average Bonchev–Trinajstić information content (AvgIpc) is 2.37. The summed E-state index contributed by atoms with van der Waals surface area (Å²) in [6, 6.07) is 4.83. The lowest BCUT2D eigenvalue weighted by molar-refractivity contribution is -0.130. The number of amides is 2. The molecule has 0 unspecified atom stereocenters. The zero-order valence-electron chi connectivity index (χ0n) is 10.7. The number of rotatable bonds is 1. The molecule has 0 aromatic heterocycles. The number of benzene rings is 1. The molecule has 1 saturated heterocycles. The van der Waals surface area contributed by atoms with E-state index in [1.54, 1.807) is 28.0 Å². The molecule has 2 rings (SSSR count). The summed E-state index contributed by atoms with van der Waals surface area (Å²) in [5.74, 6) is -0.0588. The molecule has 0 atom stereocenters. The van der Waals surface area contributed by atoms with Crippen LogP contribution in [0.1, 0.15) is 17.3 Å². The summed E-state index contributed by atoms with van der Waals surface area (Å²) in [6.07, 6.45) is 0. The van der Waals surface area contributed by atoms with Gasteiger partial charge in [-0.2, -0.15) is 0 Å². The van der Waals surface area contributed by atoms with Gasteiger partial charge in [0, 0.05) is 49.4 Å². The first-order chi connectivity index (χ1) is 8.97. The van der Waals surface area contributed by atoms with Crippen molar-refractivity contribution in [2.24, 2.45) is 0 Å². The molecule has 1 aliphatic heterocycles. The molecule has 0 aliphatic carbocycles. The lowest BCUT2D eigenvalue weighted by Crippen LogP contribution is -2.50. The summed E-state index contributed by atoms with van der Waals surface area (Å²) in [5.41, 5.74) is 6.64. The maximum Gasteiger partial charge on any atom is 0.254 e. The molecule has 1 heterocycles. The molecule has 5 nitrogen and oxygen atoms in total. The standard InChI is InChI=1S/C13H16ClN3O2/c1-9(18)16-2-4-17(5-3-16)13(19)10-6-11(14)8-12(15)7-10/h6-8H,2-5,15H2,1H3. The Morgan fingerprint density at radius 2 is 1.68 bits per heavy atom. The van der Waals surface area contributed by atoms with E-state index in [1.807, 2.05) is 0 Å². The molecule has 1 fully saturated rings. The van der Waals surface area contributed by atoms with Crippen molar-refractivity contribution < 1.29 is 9.59 Å². The Hall–Kier alpha value is -1.75. The first kappa shape index (κ1) is 13.7. The maximum atomic E-state index is 12.3. The number of carbonyl (C=O) groups excluding carboxylic acids is 2. The van der Waals surface area contributed by atoms with Crippen LogP contribution in [0.4, 0.5) is 5.69 Å². The van der Waals surface area contributed by atoms with Crippen molar-refractivity contribution in [1.29, 1.82) is 0 Å². The second-order valence-corrected chi connectivity index (χ2v) is 5.01. The number of carbonyl (C=O) groups is 2. The summed E-state index contributed by atoms with van der Waals surface area (Å²) in [7, 11) is 0. The Kier molecular flexibility index (Phi) is 3.95. The van der Waals surface area contributed by atoms with Gasteiger partial charge in [0.15, 0.2) is 0 Å². The second-order valence-electron chi connectivity index (χ2n) is 4.57. The van der Waals surface area contributed by atoms with Crippen LogP contribution in [0.25, 0.3) is 0 Å². The predicted molar refractivity (Wildman–Crippen MR) is 74.0 cm³/mol. The summed E-state index contributed by atoms with van der Waals surface area (Å²) in [5, 5.41) is 0.450. The molecule has 1 aromatic rings. The molecular weight excluding hydrogens is 266 g/mol. The van der Waals surface area contributed by atoms with Gasteiger partial charge in [-0.05, 0) is 18.2 Å². The van der Waals surface area contributed by atoms with Gasteiger partial charge in [0.2, 0.25) is 5.91 Å². The van der Waals surface area contributed by atoms with Crippen LogP contribution < -0.4 is 5.73 Å². The third-order valence-electron chi connectivity index (χ3n) is 3.18. The number of nitrogens with zero attached hydrogens (tertiary/aromatic N) is 2. The van der Waals surface area contributed by atoms with E-state index in [-0.39, 0.29) is 11.8 Å². The molecule has 2 amide bonds. The summed E-state index contributed by atoms with van der Waals surface area (Å²) < 4.78 is 0. The highest BCUT2D eigenvalue weighted by Crippen LogP contribution is 2.18. The quantitative estimate of drug-likeness (QED) is 0.787. The minimum absolute atomic E-state index is 0.0408. The van der Waals surface area contributed by atoms with Crippen LogP contribution in [-0.2, 0) is 4.79 Å². The van der Waals surface area contributed by atoms with Crippen LogP contribution >= 0.6 is 11.6 Å². The lowest BCUT2D eigenvalue weighted by atomic mass is 10.1. The van der Waals surface area contributed by atoms with Crippen molar-refractivity contribution in [3.05, 3.63) is 28.8 Å². The lowest BCUT2D eigenvalue weighted by Gasteiger charge is -2.34. The topological polar surface area (TPSA) is 66.6 Å². The number of piperazine rings is 1. The monoisotopic (exact) mass is 281 g/mol. The van der Waals surface area contributed by atoms with E-state index in [1.165, 1.54) is 6.92 Å². The first-order valence-electron chi connectivity index (χ1n) is 6.08. The smallest absolute Gasteiger partial charge is 0.254 e. The normalized spacial score (nSPS) is 15.5. The zero-order valence-corrected chi connectivity index (χ0v) is 11.5. The minimum Gasteiger partial charge on any atom is -0.399 e. The molecule has 6 heteroatoms. The summed E-state index contributed by atoms with van der Waals surface area (Å²) >= 11 is 5.89. The Bertz CT molecular complexity index is 490. The van der Waals surface area contributed by atoms with Gasteiger partial charge in [-0.1, -0.05) is 11.6 Å². The molecule has 0 bridgehead atoms. The number of halogens is 1. The molecule has 1 aromatic carbocycles. The molecule has 0 radical (unpaired) electrons. The number of nitrogens with two attached hydrogens (primary N) is 1. The molecule has 1 aliphatic rings. The highest BCUT2D eigenvalue weighted by molar-refractivity contribution is 6.31. The highest BCUT2D eigenvalue weighted by atomic mass is 35.5. The van der Waals surface area contributed by atoms with Crippen molar-refractivity contribution in [1.82, 2.24) is 9.80 Å². The Morgan fingerprint density at radius 1 is 1.11 bits per heavy atom. The van der Waals surface area contributed by atoms with Crippen LogP contribution in [0.15, 0.2) is 18.2 Å². The maximum absolute atomic E-state index is 12.3. The van der Waals surface area contributed by atoms with Gasteiger partial charge in [0.25, 0.3) is 5.91 Å². The number of hydrogen-bond donors (Lipinski definition) is 1. The van der Waals surface area contributed by atoms with E-state index in [0.717, 1.165) is 0 Å². The van der Waals surface area contributed by atoms with E-state index >= 15 is 0 Å². The van der Waals surface area contributed by atoms with Crippen molar-refractivity contribution in [3.63, 3.8) is 0 Å². The van der Waals surface area contributed by atoms with Gasteiger partial charge in [0.05, 0.1) is 0 Å². The van der Waals surface area contributed by atoms with Crippen LogP contribution in [0.5, 0.6) is 0 Å². The number of anilines is 1. The second kappa shape index (κ2) is 5.48. The van der Waals surface area contributed by atoms with Crippen LogP contribution in [0.2, 0.25) is 5.02 Å². The van der Waals surface area contributed by atoms with E-state index in [4.69, 9.17) is 17.3 Å². The van der Waals surface area contributed by atoms with E-state index in [9.17, 15) is 9.59 Å². The Labute approximate surface area is 116 Å². The van der Waals surface area contributed by atoms with Crippen molar-refractivity contribution in [3.8, 4) is 0 Å². The minimum atomic E-state index is -0.0996. The van der Waals surface area contributed by atoms with Gasteiger partial charge in [-0.25, -0.2) is 0 Å². The Morgan fingerprint density at radius 3 is 2.21 bits per heavy atom. The molecule has 19 heavy (non-hydrogen) atoms. The predicted octanol–water partition coefficient (Wildman–Crippen LogP) is 1.23. The van der Waals surface area contributed by atoms with E-state index < -0.39 is 0 Å². The summed E-state index contributed by atoms with van der Waals surface area (Å²) in [4.78, 5) is 27.0. The third-order valence-corrected chi connectivity index (χ3v) is 3.40. The molecule has 2 N–H and O–H groups in total. The van der Waals surface area contributed by atoms with Crippen molar-refractivity contribution in [2.45, 2.75) is 6.92 Å². The molecule has 0 saturated carbocycles. The van der Waals surface area contributed by atoms with E-state index in [0.29, 0.717) is 42.5 Å². The van der Waals surface area contributed by atoms with Crippen LogP contribution in [-0.4, -0.2) is 47.8 Å². The SMILES string of the molecule is CC(=O)N1CCN(C(=O)c2cc(N)cc(Cl)c2)CC1. The van der Waals surface area contributed by atoms with Crippen molar-refractivity contribution in [2.75, 3.05) is 31.9 Å². The molecule has 0 spiro atoms. The number of hydrogen-bond acceptors (Lipinski definition) is 3. The fraction of sp³-hybridized carbons (Fsp3) is 0.385. The van der Waals surface area contributed by atoms with Crippen LogP contribution in [0, 0.1) is 0 Å². The largest absolute Gasteiger partial charge is 0.399 e. The van der Waals surface area contributed by atoms with Gasteiger partial charge >= 0.3 is 0 Å². The molecule has 102 valence electrons. The van der Waals surface area contributed by atoms with E-state index in [2.05, 4.69) is 0 Å². The first-order valence-corrected chi connectivity index (χ1v) is 6.46. The number of nitrogen functional groups attached to an aromatic ring is 1. The third kappa shape index (κ3) is 3.17. The highest BCUT2D eigenvalue weighted by Gasteiger charge is 2.23. The van der Waals surface area contributed by atoms with Gasteiger partial charge < -0.3 is 15.5 Å². The van der Waals surface area contributed by atoms with Gasteiger partial charge in [0.1, 0.15) is 0 Å². The fourth-order valence-electron chi connectivity index (χ4n) is 2.14. The molecular formula is C13H16ClN3O2. The van der Waals surface area contributed by atoms with Crippen molar-refractivity contribution >= 4 is 29.1 Å². The van der Waals surface area contributed by atoms with Gasteiger partial charge in [-0.3, -0.25) is 9.59 Å². The summed E-state index contributed by atoms with van der Waals surface area (Å²) in [6.45, 7) is 3.74. The van der Waals surface area contributed by atoms with Crippen LogP contribution in [0.3, 0.4) is 0 Å². The Balaban J connectivity index is 2.07. The fourth-order valence-corrected chi connectivity index (χ4v) is 2.39. The zero-order chi connectivity index (χ0) is 14.0.